The number of fused-ring (bicyclic) bond motifs is 2. The van der Waals surface area contributed by atoms with Crippen molar-refractivity contribution < 1.29 is 66.8 Å². The van der Waals surface area contributed by atoms with E-state index in [9.17, 15) is 14.7 Å². The third-order valence-corrected chi connectivity index (χ3v) is 14.5. The van der Waals surface area contributed by atoms with Crippen molar-refractivity contribution in [3.05, 3.63) is 59.3 Å². The number of carbonyl (C=O) groups excluding carboxylic acids is 2. The topological polar surface area (TPSA) is 156 Å². The Bertz CT molecular complexity index is 1790. The van der Waals surface area contributed by atoms with Crippen molar-refractivity contribution in [1.82, 2.24) is 0 Å². The number of ketones is 1. The predicted octanol–water partition coefficient (Wildman–Crippen LogP) is 6.24. The summed E-state index contributed by atoms with van der Waals surface area (Å²) in [7, 11) is 4.74. The Morgan fingerprint density at radius 1 is 0.873 bits per heavy atom. The Morgan fingerprint density at radius 3 is 2.35 bits per heavy atom. The van der Waals surface area contributed by atoms with Crippen LogP contribution in [0.4, 0.5) is 0 Å². The van der Waals surface area contributed by atoms with Gasteiger partial charge in [-0.25, -0.2) is 0 Å². The minimum absolute atomic E-state index is 0.0839. The molecule has 0 saturated carbocycles. The molecule has 0 aromatic rings. The highest BCUT2D eigenvalue weighted by atomic mass is 16.7. The van der Waals surface area contributed by atoms with Crippen LogP contribution in [-0.4, -0.2) is 136 Å². The summed E-state index contributed by atoms with van der Waals surface area (Å²) >= 11 is 0. The maximum Gasteiger partial charge on any atom is 0.316 e. The lowest BCUT2D eigenvalue weighted by atomic mass is 9.70. The second kappa shape index (κ2) is 20.1. The normalized spacial score (nSPS) is 47.4. The maximum atomic E-state index is 14.5. The molecule has 1 spiro atoms. The molecule has 63 heavy (non-hydrogen) atoms. The Kier molecular flexibility index (Phi) is 15.4. The smallest absolute Gasteiger partial charge is 0.316 e. The molecule has 4 saturated heterocycles. The summed E-state index contributed by atoms with van der Waals surface area (Å²) in [5.41, 5.74) is 0.606. The first-order valence-corrected chi connectivity index (χ1v) is 23.1. The van der Waals surface area contributed by atoms with Gasteiger partial charge >= 0.3 is 5.97 Å². The van der Waals surface area contributed by atoms with Crippen molar-refractivity contribution in [1.29, 1.82) is 0 Å². The molecule has 0 radical (unpaired) electrons. The zero-order valence-electron chi connectivity index (χ0n) is 39.1. The Hall–Kier alpha value is -2.60. The standard InChI is InChI=1S/C49H72O14/c1-12-26(2)43-29(5)18-19-48(63-43)24-35-21-34(62-48)17-16-28(4)42(60-40-23-38(54-10)45(32(8)58-40)61-39-22-37(53-9)41(50)31(7)57-39)27(3)14-13-15-33-25-56-46-44(55-11)30(6)20-36(47(51)59-35)49(33,46)52/h13-16,18-20,26-27,29,31-32,34-40,42-46,52H,12,17,21-25H2,1-11H3/b14-13+,28-16+,33-15+/t26?,27-,29-,31-,32-,34+,35-,36-,37-,38-,39-,40-,42-,43+,44+,45-,46+,48+,49+/m0/s1. The molecule has 7 aliphatic rings. The van der Waals surface area contributed by atoms with Crippen LogP contribution < -0.4 is 0 Å². The second-order valence-electron chi connectivity index (χ2n) is 19.0. The maximum absolute atomic E-state index is 14.5. The van der Waals surface area contributed by atoms with Gasteiger partial charge in [-0.2, -0.15) is 0 Å². The van der Waals surface area contributed by atoms with Crippen LogP contribution in [0.15, 0.2) is 59.3 Å². The summed E-state index contributed by atoms with van der Waals surface area (Å²) in [5.74, 6) is -2.49. The lowest BCUT2D eigenvalue weighted by molar-refractivity contribution is -0.305. The molecule has 14 heteroatoms. The predicted molar refractivity (Wildman–Crippen MR) is 231 cm³/mol. The molecule has 7 rings (SSSR count). The highest BCUT2D eigenvalue weighted by Gasteiger charge is 2.60. The average molecular weight is 885 g/mol. The van der Waals surface area contributed by atoms with Crippen molar-refractivity contribution >= 4 is 11.8 Å². The van der Waals surface area contributed by atoms with Crippen LogP contribution in [0, 0.1) is 23.7 Å². The third-order valence-electron chi connectivity index (χ3n) is 14.5. The van der Waals surface area contributed by atoms with E-state index in [1.165, 1.54) is 7.11 Å². The van der Waals surface area contributed by atoms with Crippen molar-refractivity contribution in [3.63, 3.8) is 0 Å². The number of esters is 1. The summed E-state index contributed by atoms with van der Waals surface area (Å²) in [6.07, 6.45) is 9.96. The Balaban J connectivity index is 1.19. The molecule has 19 atom stereocenters. The first-order chi connectivity index (χ1) is 30.0. The Morgan fingerprint density at radius 2 is 1.63 bits per heavy atom. The molecule has 352 valence electrons. The number of carbonyl (C=O) groups is 2. The number of allylic oxidation sites excluding steroid dienone is 2. The monoisotopic (exact) mass is 884 g/mol. The third kappa shape index (κ3) is 9.93. The summed E-state index contributed by atoms with van der Waals surface area (Å²) in [6, 6.07) is 0. The van der Waals surface area contributed by atoms with E-state index < -0.39 is 90.8 Å². The summed E-state index contributed by atoms with van der Waals surface area (Å²) in [6.45, 7) is 16.3. The van der Waals surface area contributed by atoms with Crippen molar-refractivity contribution in [2.75, 3.05) is 27.9 Å². The van der Waals surface area contributed by atoms with Gasteiger partial charge in [0.2, 0.25) is 0 Å². The van der Waals surface area contributed by atoms with Crippen molar-refractivity contribution in [3.8, 4) is 0 Å². The van der Waals surface area contributed by atoms with Gasteiger partial charge in [-0.3, -0.25) is 9.59 Å². The van der Waals surface area contributed by atoms with Gasteiger partial charge in [0.15, 0.2) is 24.2 Å². The van der Waals surface area contributed by atoms with Gasteiger partial charge in [0.1, 0.15) is 48.1 Å². The van der Waals surface area contributed by atoms with Gasteiger partial charge in [0.25, 0.3) is 0 Å². The fraction of sp³-hybridized carbons (Fsp3) is 0.755. The number of hydrogen-bond acceptors (Lipinski definition) is 14. The van der Waals surface area contributed by atoms with E-state index in [1.54, 1.807) is 27.2 Å². The minimum atomic E-state index is -1.71. The van der Waals surface area contributed by atoms with Crippen LogP contribution in [0.25, 0.3) is 0 Å². The van der Waals surface area contributed by atoms with Gasteiger partial charge in [0, 0.05) is 58.8 Å². The second-order valence-corrected chi connectivity index (χ2v) is 19.0. The first kappa shape index (κ1) is 48.3. The van der Waals surface area contributed by atoms with Crippen LogP contribution in [0.2, 0.25) is 0 Å². The molecule has 1 unspecified atom stereocenters. The fourth-order valence-corrected chi connectivity index (χ4v) is 10.7. The lowest BCUT2D eigenvalue weighted by Crippen LogP contribution is -2.58. The molecule has 0 aromatic carbocycles. The molecule has 6 heterocycles. The molecule has 1 N–H and O–H groups in total. The molecule has 4 fully saturated rings. The molecule has 0 aromatic heterocycles. The average Bonchev–Trinajstić information content (AvgIpc) is 3.59. The van der Waals surface area contributed by atoms with Crippen molar-refractivity contribution in [2.24, 2.45) is 23.7 Å². The largest absolute Gasteiger partial charge is 0.462 e. The molecular weight excluding hydrogens is 813 g/mol. The van der Waals surface area contributed by atoms with Crippen LogP contribution >= 0.6 is 0 Å². The summed E-state index contributed by atoms with van der Waals surface area (Å²) < 4.78 is 69.7. The molecule has 2 bridgehead atoms. The lowest BCUT2D eigenvalue weighted by Gasteiger charge is -2.48. The number of hydrogen-bond donors (Lipinski definition) is 1. The van der Waals surface area contributed by atoms with Crippen LogP contribution in [0.5, 0.6) is 0 Å². The molecule has 0 amide bonds. The van der Waals surface area contributed by atoms with Crippen LogP contribution in [-0.2, 0) is 61.7 Å². The zero-order valence-corrected chi connectivity index (χ0v) is 39.1. The molecule has 6 aliphatic heterocycles. The highest BCUT2D eigenvalue weighted by molar-refractivity contribution is 5.87. The van der Waals surface area contributed by atoms with E-state index in [-0.39, 0.29) is 48.8 Å². The quantitative estimate of drug-likeness (QED) is 0.205. The van der Waals surface area contributed by atoms with E-state index in [4.69, 9.17) is 52.1 Å². The molecular formula is C49H72O14. The van der Waals surface area contributed by atoms with E-state index in [0.29, 0.717) is 31.3 Å². The highest BCUT2D eigenvalue weighted by Crippen LogP contribution is 2.48. The van der Waals surface area contributed by atoms with E-state index >= 15 is 0 Å². The van der Waals surface area contributed by atoms with Crippen LogP contribution in [0.3, 0.4) is 0 Å². The molecule has 14 nitrogen and oxygen atoms in total. The van der Waals surface area contributed by atoms with Crippen LogP contribution in [0.1, 0.15) is 93.9 Å². The SMILES string of the molecule is CCC(C)[C@H]1O[C@]2(C=C[C@@H]1C)C[C@@H]1C[C@@H](C/C=C(\C)[C@@H](O[C@H]3C[C@H](OC)[C@@H](O[C@H]4C[C@H](OC)C(=O)[C@H](C)O4)[C@H](C)O3)[C@@H](C)/C=C/C=C3\CO[C@@H]4[C@H](OC)C(C)=C[C@@H](C(=O)O1)[C@]34O)O2. The summed E-state index contributed by atoms with van der Waals surface area (Å²) in [5, 5.41) is 12.7. The minimum Gasteiger partial charge on any atom is -0.462 e. The number of aliphatic hydroxyl groups is 1. The van der Waals surface area contributed by atoms with Gasteiger partial charge in [0.05, 0.1) is 37.1 Å². The van der Waals surface area contributed by atoms with Gasteiger partial charge in [-0.1, -0.05) is 70.6 Å². The fourth-order valence-electron chi connectivity index (χ4n) is 10.7. The number of rotatable bonds is 9. The van der Waals surface area contributed by atoms with E-state index in [0.717, 1.165) is 17.6 Å². The van der Waals surface area contributed by atoms with Gasteiger partial charge in [-0.05, 0) is 62.8 Å². The van der Waals surface area contributed by atoms with E-state index in [1.807, 2.05) is 38.2 Å². The number of methoxy groups -OCH3 is 3. The number of ether oxygens (including phenoxy) is 11. The summed E-state index contributed by atoms with van der Waals surface area (Å²) in [4.78, 5) is 27.0. The zero-order chi connectivity index (χ0) is 45.4. The Labute approximate surface area is 373 Å². The van der Waals surface area contributed by atoms with E-state index in [2.05, 4.69) is 46.8 Å². The first-order valence-electron chi connectivity index (χ1n) is 23.1. The number of Topliss-reactive ketones (excluding diaryl/α,β-unsaturated/α-hetero) is 1. The molecule has 1 aliphatic carbocycles. The van der Waals surface area contributed by atoms with Gasteiger partial charge < -0.3 is 57.2 Å². The van der Waals surface area contributed by atoms with Gasteiger partial charge in [-0.15, -0.1) is 0 Å². The van der Waals surface area contributed by atoms with Crippen molar-refractivity contribution in [2.45, 2.75) is 185 Å².